The summed E-state index contributed by atoms with van der Waals surface area (Å²) in [7, 11) is 0. The van der Waals surface area contributed by atoms with Crippen LogP contribution >= 0.6 is 11.6 Å². The minimum atomic E-state index is -0.411. The number of nitrogens with zero attached hydrogens (tertiary/aromatic N) is 2. The van der Waals surface area contributed by atoms with Crippen molar-refractivity contribution in [3.8, 4) is 0 Å². The van der Waals surface area contributed by atoms with Crippen molar-refractivity contribution < 1.29 is 4.39 Å². The Hall–Kier alpha value is -1.55. The average molecular weight is 254 g/mol. The molecule has 1 heterocycles. The molecule has 0 radical (unpaired) electrons. The number of hydrogen-bond acceptors (Lipinski definition) is 2. The van der Waals surface area contributed by atoms with Gasteiger partial charge in [0.15, 0.2) is 0 Å². The number of aromatic nitrogens is 2. The van der Waals surface area contributed by atoms with E-state index in [0.29, 0.717) is 6.54 Å². The third-order valence-corrected chi connectivity index (χ3v) is 2.66. The second-order valence-corrected chi connectivity index (χ2v) is 4.24. The lowest BCUT2D eigenvalue weighted by atomic mass is 10.3. The van der Waals surface area contributed by atoms with E-state index in [-0.39, 0.29) is 5.02 Å². The van der Waals surface area contributed by atoms with Gasteiger partial charge in [-0.2, -0.15) is 5.10 Å². The van der Waals surface area contributed by atoms with Gasteiger partial charge in [0.25, 0.3) is 0 Å². The molecule has 3 nitrogen and oxygen atoms in total. The lowest BCUT2D eigenvalue weighted by Gasteiger charge is -2.07. The van der Waals surface area contributed by atoms with Crippen LogP contribution in [0.5, 0.6) is 0 Å². The van der Waals surface area contributed by atoms with E-state index >= 15 is 0 Å². The van der Waals surface area contributed by atoms with Crippen LogP contribution in [0.2, 0.25) is 5.02 Å². The first kappa shape index (κ1) is 11.9. The molecule has 0 fully saturated rings. The van der Waals surface area contributed by atoms with Gasteiger partial charge in [-0.25, -0.2) is 4.39 Å². The van der Waals surface area contributed by atoms with E-state index < -0.39 is 5.82 Å². The molecule has 0 saturated heterocycles. The van der Waals surface area contributed by atoms with Crippen molar-refractivity contribution in [2.24, 2.45) is 0 Å². The van der Waals surface area contributed by atoms with Crippen molar-refractivity contribution in [1.29, 1.82) is 0 Å². The highest BCUT2D eigenvalue weighted by atomic mass is 35.5. The maximum atomic E-state index is 13.1. The molecule has 0 aliphatic heterocycles. The molecule has 90 valence electrons. The molecule has 0 unspecified atom stereocenters. The monoisotopic (exact) mass is 253 g/mol. The molecule has 0 saturated carbocycles. The predicted octanol–water partition coefficient (Wildman–Crippen LogP) is 3.10. The summed E-state index contributed by atoms with van der Waals surface area (Å²) < 4.78 is 15.0. The van der Waals surface area contributed by atoms with Crippen molar-refractivity contribution in [1.82, 2.24) is 9.78 Å². The van der Waals surface area contributed by atoms with Crippen molar-refractivity contribution in [3.63, 3.8) is 0 Å². The highest BCUT2D eigenvalue weighted by Gasteiger charge is 2.00. The van der Waals surface area contributed by atoms with Crippen LogP contribution in [0.3, 0.4) is 0 Å². The van der Waals surface area contributed by atoms with Gasteiger partial charge in [0.2, 0.25) is 0 Å². The summed E-state index contributed by atoms with van der Waals surface area (Å²) >= 11 is 5.60. The lowest BCUT2D eigenvalue weighted by molar-refractivity contribution is 0.626. The number of hydrogen-bond donors (Lipinski definition) is 1. The molecule has 1 aromatic heterocycles. The maximum absolute atomic E-state index is 13.1. The number of benzene rings is 1. The zero-order valence-electron chi connectivity index (χ0n) is 9.45. The van der Waals surface area contributed by atoms with E-state index in [9.17, 15) is 4.39 Å². The molecular formula is C12H13ClFN3. The van der Waals surface area contributed by atoms with E-state index in [1.807, 2.05) is 24.0 Å². The summed E-state index contributed by atoms with van der Waals surface area (Å²) in [5.41, 5.74) is 1.85. The second kappa shape index (κ2) is 5.19. The molecule has 2 aromatic rings. The Kier molecular flexibility index (Phi) is 3.64. The van der Waals surface area contributed by atoms with Crippen LogP contribution in [0.15, 0.2) is 30.6 Å². The molecular weight excluding hydrogens is 241 g/mol. The van der Waals surface area contributed by atoms with Crippen LogP contribution in [-0.2, 0) is 6.54 Å². The van der Waals surface area contributed by atoms with Gasteiger partial charge < -0.3 is 5.32 Å². The number of rotatable bonds is 4. The second-order valence-electron chi connectivity index (χ2n) is 3.84. The van der Waals surface area contributed by atoms with Crippen LogP contribution in [0, 0.1) is 12.7 Å². The molecule has 0 aliphatic carbocycles. The van der Waals surface area contributed by atoms with E-state index in [4.69, 9.17) is 11.6 Å². The summed E-state index contributed by atoms with van der Waals surface area (Å²) in [5.74, 6) is -0.411. The Morgan fingerprint density at radius 1 is 1.47 bits per heavy atom. The van der Waals surface area contributed by atoms with Gasteiger partial charge in [-0.1, -0.05) is 11.6 Å². The summed E-state index contributed by atoms with van der Waals surface area (Å²) in [6.45, 7) is 3.41. The number of anilines is 1. The zero-order valence-corrected chi connectivity index (χ0v) is 10.2. The summed E-state index contributed by atoms with van der Waals surface area (Å²) in [5, 5.41) is 7.41. The smallest absolute Gasteiger partial charge is 0.143 e. The largest absolute Gasteiger partial charge is 0.383 e. The molecule has 0 atom stereocenters. The van der Waals surface area contributed by atoms with Crippen molar-refractivity contribution in [2.75, 3.05) is 11.9 Å². The van der Waals surface area contributed by atoms with Crippen LogP contribution in [-0.4, -0.2) is 16.3 Å². The molecule has 5 heteroatoms. The van der Waals surface area contributed by atoms with Gasteiger partial charge in [0.1, 0.15) is 5.82 Å². The molecule has 2 rings (SSSR count). The minimum Gasteiger partial charge on any atom is -0.383 e. The third-order valence-electron chi connectivity index (χ3n) is 2.35. The van der Waals surface area contributed by atoms with E-state index in [0.717, 1.165) is 17.8 Å². The predicted molar refractivity (Wildman–Crippen MR) is 66.9 cm³/mol. The fourth-order valence-electron chi connectivity index (χ4n) is 1.51. The van der Waals surface area contributed by atoms with Gasteiger partial charge in [0, 0.05) is 18.4 Å². The van der Waals surface area contributed by atoms with Gasteiger partial charge >= 0.3 is 0 Å². The minimum absolute atomic E-state index is 0.137. The van der Waals surface area contributed by atoms with Gasteiger partial charge in [-0.15, -0.1) is 0 Å². The molecule has 0 aliphatic rings. The molecule has 1 aromatic carbocycles. The van der Waals surface area contributed by atoms with Gasteiger partial charge in [-0.05, 0) is 30.7 Å². The van der Waals surface area contributed by atoms with Crippen molar-refractivity contribution >= 4 is 17.3 Å². The molecule has 0 bridgehead atoms. The summed E-state index contributed by atoms with van der Waals surface area (Å²) in [4.78, 5) is 0. The molecule has 17 heavy (non-hydrogen) atoms. The Labute approximate surface area is 104 Å². The number of halogens is 2. The first-order valence-electron chi connectivity index (χ1n) is 5.33. The van der Waals surface area contributed by atoms with Crippen molar-refractivity contribution in [2.45, 2.75) is 13.5 Å². The normalized spacial score (nSPS) is 10.5. The van der Waals surface area contributed by atoms with Crippen LogP contribution in [0.25, 0.3) is 0 Å². The lowest BCUT2D eigenvalue weighted by Crippen LogP contribution is -2.10. The topological polar surface area (TPSA) is 29.9 Å². The fourth-order valence-corrected chi connectivity index (χ4v) is 1.63. The highest BCUT2D eigenvalue weighted by molar-refractivity contribution is 6.30. The fraction of sp³-hybridized carbons (Fsp3) is 0.250. The third kappa shape index (κ3) is 3.20. The van der Waals surface area contributed by atoms with E-state index in [2.05, 4.69) is 10.4 Å². The number of aryl methyl sites for hydroxylation is 1. The SMILES string of the molecule is Cc1cnn(CCNc2ccc(Cl)c(F)c2)c1. The van der Waals surface area contributed by atoms with E-state index in [1.165, 1.54) is 12.1 Å². The van der Waals surface area contributed by atoms with Crippen LogP contribution in [0.4, 0.5) is 10.1 Å². The summed E-state index contributed by atoms with van der Waals surface area (Å²) in [6.07, 6.45) is 3.77. The average Bonchev–Trinajstić information content (AvgIpc) is 2.70. The Morgan fingerprint density at radius 3 is 2.94 bits per heavy atom. The Bertz CT molecular complexity index is 510. The Morgan fingerprint density at radius 2 is 2.29 bits per heavy atom. The van der Waals surface area contributed by atoms with Crippen molar-refractivity contribution in [3.05, 3.63) is 47.0 Å². The zero-order chi connectivity index (χ0) is 12.3. The molecule has 0 spiro atoms. The van der Waals surface area contributed by atoms with Gasteiger partial charge in [-0.3, -0.25) is 4.68 Å². The quantitative estimate of drug-likeness (QED) is 0.908. The standard InChI is InChI=1S/C12H13ClFN3/c1-9-7-16-17(8-9)5-4-15-10-2-3-11(13)12(14)6-10/h2-3,6-8,15H,4-5H2,1H3. The summed E-state index contributed by atoms with van der Waals surface area (Å²) in [6, 6.07) is 4.67. The molecule has 0 amide bonds. The first-order valence-corrected chi connectivity index (χ1v) is 5.71. The van der Waals surface area contributed by atoms with Gasteiger partial charge in [0.05, 0.1) is 17.8 Å². The maximum Gasteiger partial charge on any atom is 0.143 e. The molecule has 1 N–H and O–H groups in total. The Balaban J connectivity index is 1.87. The highest BCUT2D eigenvalue weighted by Crippen LogP contribution is 2.18. The first-order chi connectivity index (χ1) is 8.15. The van der Waals surface area contributed by atoms with Crippen LogP contribution in [0.1, 0.15) is 5.56 Å². The van der Waals surface area contributed by atoms with E-state index in [1.54, 1.807) is 6.07 Å². The number of nitrogens with one attached hydrogen (secondary N) is 1. The van der Waals surface area contributed by atoms with Crippen LogP contribution < -0.4 is 5.32 Å².